The Labute approximate surface area is 158 Å². The number of hydrogen-bond donors (Lipinski definition) is 2. The molecule has 2 amide bonds. The predicted molar refractivity (Wildman–Crippen MR) is 105 cm³/mol. The second kappa shape index (κ2) is 9.25. The summed E-state index contributed by atoms with van der Waals surface area (Å²) >= 11 is 6.13. The van der Waals surface area contributed by atoms with E-state index in [1.165, 1.54) is 0 Å². The number of nitrogens with one attached hydrogen (secondary N) is 2. The minimum absolute atomic E-state index is 0.0784. The Morgan fingerprint density at radius 3 is 2.58 bits per heavy atom. The molecule has 0 aliphatic heterocycles. The molecule has 2 N–H and O–H groups in total. The maximum Gasteiger partial charge on any atom is 0.262 e. The third kappa shape index (κ3) is 5.49. The summed E-state index contributed by atoms with van der Waals surface area (Å²) in [6, 6.07) is 10.6. The molecule has 0 saturated heterocycles. The van der Waals surface area contributed by atoms with Crippen molar-refractivity contribution in [2.24, 2.45) is 0 Å². The van der Waals surface area contributed by atoms with Crippen molar-refractivity contribution in [1.82, 2.24) is 0 Å². The Kier molecular flexibility index (Phi) is 7.04. The second-order valence-corrected chi connectivity index (χ2v) is 6.43. The van der Waals surface area contributed by atoms with Gasteiger partial charge in [-0.15, -0.1) is 0 Å². The van der Waals surface area contributed by atoms with Gasteiger partial charge in [-0.3, -0.25) is 9.59 Å². The molecule has 0 fully saturated rings. The van der Waals surface area contributed by atoms with E-state index in [1.807, 2.05) is 39.0 Å². The lowest BCUT2D eigenvalue weighted by molar-refractivity contribution is -0.118. The van der Waals surface area contributed by atoms with Crippen molar-refractivity contribution in [2.45, 2.75) is 33.6 Å². The zero-order valence-electron chi connectivity index (χ0n) is 15.2. The minimum atomic E-state index is -0.329. The molecule has 2 aromatic rings. The molecule has 0 unspecified atom stereocenters. The van der Waals surface area contributed by atoms with Crippen LogP contribution in [0.3, 0.4) is 0 Å². The van der Waals surface area contributed by atoms with Crippen molar-refractivity contribution >= 4 is 34.8 Å². The maximum atomic E-state index is 12.2. The quantitative estimate of drug-likeness (QED) is 0.737. The molecule has 0 radical (unpaired) electrons. The number of ether oxygens (including phenoxy) is 1. The van der Waals surface area contributed by atoms with Crippen molar-refractivity contribution in [1.29, 1.82) is 0 Å². The van der Waals surface area contributed by atoms with Crippen molar-refractivity contribution in [3.05, 3.63) is 52.5 Å². The number of benzene rings is 2. The lowest BCUT2D eigenvalue weighted by Crippen LogP contribution is -2.21. The van der Waals surface area contributed by atoms with E-state index in [1.54, 1.807) is 18.2 Å². The third-order valence-corrected chi connectivity index (χ3v) is 4.24. The van der Waals surface area contributed by atoms with Gasteiger partial charge in [0.25, 0.3) is 5.91 Å². The summed E-state index contributed by atoms with van der Waals surface area (Å²) < 4.78 is 5.59. The summed E-state index contributed by atoms with van der Waals surface area (Å²) in [4.78, 5) is 23.9. The predicted octanol–water partition coefficient (Wildman–Crippen LogP) is 4.71. The van der Waals surface area contributed by atoms with Crippen LogP contribution in [0.15, 0.2) is 36.4 Å². The number of halogens is 1. The average molecular weight is 375 g/mol. The Morgan fingerprint density at radius 1 is 1.08 bits per heavy atom. The molecule has 26 heavy (non-hydrogen) atoms. The van der Waals surface area contributed by atoms with Gasteiger partial charge in [0.2, 0.25) is 5.91 Å². The smallest absolute Gasteiger partial charge is 0.262 e. The molecule has 0 aliphatic rings. The Hall–Kier alpha value is -2.53. The van der Waals surface area contributed by atoms with E-state index in [0.717, 1.165) is 17.5 Å². The summed E-state index contributed by atoms with van der Waals surface area (Å²) in [5.41, 5.74) is 3.11. The molecule has 0 aliphatic carbocycles. The van der Waals surface area contributed by atoms with E-state index in [9.17, 15) is 9.59 Å². The number of carbonyl (C=O) groups is 2. The zero-order valence-corrected chi connectivity index (χ0v) is 15.9. The zero-order chi connectivity index (χ0) is 19.1. The lowest BCUT2D eigenvalue weighted by Gasteiger charge is -2.13. The normalized spacial score (nSPS) is 10.3. The lowest BCUT2D eigenvalue weighted by atomic mass is 10.1. The molecular formula is C20H23ClN2O3. The first-order chi connectivity index (χ1) is 12.4. The maximum absolute atomic E-state index is 12.2. The van der Waals surface area contributed by atoms with Gasteiger partial charge in [0.05, 0.1) is 10.7 Å². The van der Waals surface area contributed by atoms with Gasteiger partial charge in [0.15, 0.2) is 6.61 Å². The monoisotopic (exact) mass is 374 g/mol. The molecule has 138 valence electrons. The third-order valence-electron chi connectivity index (χ3n) is 3.91. The molecule has 0 bridgehead atoms. The van der Waals surface area contributed by atoms with Gasteiger partial charge >= 0.3 is 0 Å². The van der Waals surface area contributed by atoms with Crippen molar-refractivity contribution in [2.75, 3.05) is 17.2 Å². The number of rotatable bonds is 7. The summed E-state index contributed by atoms with van der Waals surface area (Å²) in [5.74, 6) is 0.266. The van der Waals surface area contributed by atoms with E-state index >= 15 is 0 Å². The molecule has 0 spiro atoms. The van der Waals surface area contributed by atoms with Gasteiger partial charge in [-0.2, -0.15) is 0 Å². The number of carbonyl (C=O) groups excluding carboxylic acids is 2. The van der Waals surface area contributed by atoms with Gasteiger partial charge in [-0.25, -0.2) is 0 Å². The molecular weight excluding hydrogens is 352 g/mol. The van der Waals surface area contributed by atoms with Crippen molar-refractivity contribution in [3.8, 4) is 5.75 Å². The number of aryl methyl sites for hydroxylation is 1. The van der Waals surface area contributed by atoms with E-state index in [4.69, 9.17) is 16.3 Å². The van der Waals surface area contributed by atoms with Crippen LogP contribution in [-0.2, 0) is 9.59 Å². The van der Waals surface area contributed by atoms with Gasteiger partial charge in [0.1, 0.15) is 5.75 Å². The van der Waals surface area contributed by atoms with Crippen molar-refractivity contribution < 1.29 is 14.3 Å². The molecule has 0 heterocycles. The Bertz CT molecular complexity index is 806. The summed E-state index contributed by atoms with van der Waals surface area (Å²) in [5, 5.41) is 5.88. The fourth-order valence-electron chi connectivity index (χ4n) is 2.36. The van der Waals surface area contributed by atoms with E-state index in [2.05, 4.69) is 10.6 Å². The molecule has 0 atom stereocenters. The first kappa shape index (κ1) is 19.8. The van der Waals surface area contributed by atoms with Crippen LogP contribution in [0.5, 0.6) is 5.75 Å². The van der Waals surface area contributed by atoms with Gasteiger partial charge in [0, 0.05) is 12.1 Å². The number of amides is 2. The fourth-order valence-corrected chi connectivity index (χ4v) is 2.52. The number of anilines is 2. The second-order valence-electron chi connectivity index (χ2n) is 6.03. The van der Waals surface area contributed by atoms with Gasteiger partial charge < -0.3 is 15.4 Å². The van der Waals surface area contributed by atoms with Gasteiger partial charge in [-0.1, -0.05) is 30.7 Å². The Balaban J connectivity index is 1.99. The molecule has 0 saturated carbocycles. The van der Waals surface area contributed by atoms with Crippen LogP contribution in [0.4, 0.5) is 11.4 Å². The topological polar surface area (TPSA) is 67.4 Å². The molecule has 0 aromatic heterocycles. The van der Waals surface area contributed by atoms with E-state index in [0.29, 0.717) is 28.6 Å². The highest BCUT2D eigenvalue weighted by atomic mass is 35.5. The van der Waals surface area contributed by atoms with Crippen molar-refractivity contribution in [3.63, 3.8) is 0 Å². The van der Waals surface area contributed by atoms with Crippen LogP contribution in [0, 0.1) is 13.8 Å². The largest absolute Gasteiger partial charge is 0.483 e. The average Bonchev–Trinajstić information content (AvgIpc) is 2.59. The first-order valence-corrected chi connectivity index (χ1v) is 8.86. The summed E-state index contributed by atoms with van der Waals surface area (Å²) in [7, 11) is 0. The van der Waals surface area contributed by atoms with Crippen LogP contribution in [0.2, 0.25) is 5.02 Å². The van der Waals surface area contributed by atoms with Crippen LogP contribution >= 0.6 is 11.6 Å². The SMILES string of the molecule is CCCC(=O)Nc1ccc(Cl)c(NC(=O)COc2cccc(C)c2C)c1. The summed E-state index contributed by atoms with van der Waals surface area (Å²) in [6.45, 7) is 5.73. The van der Waals surface area contributed by atoms with Crippen LogP contribution in [-0.4, -0.2) is 18.4 Å². The van der Waals surface area contributed by atoms with E-state index < -0.39 is 0 Å². The fraction of sp³-hybridized carbons (Fsp3) is 0.300. The van der Waals surface area contributed by atoms with E-state index in [-0.39, 0.29) is 18.4 Å². The highest BCUT2D eigenvalue weighted by Crippen LogP contribution is 2.26. The molecule has 2 aromatic carbocycles. The number of hydrogen-bond acceptors (Lipinski definition) is 3. The van der Waals surface area contributed by atoms with Gasteiger partial charge in [-0.05, 0) is 55.7 Å². The minimum Gasteiger partial charge on any atom is -0.483 e. The standard InChI is InChI=1S/C20H23ClN2O3/c1-4-6-19(24)22-15-9-10-16(21)17(11-15)23-20(25)12-26-18-8-5-7-13(2)14(18)3/h5,7-11H,4,6,12H2,1-3H3,(H,22,24)(H,23,25). The summed E-state index contributed by atoms with van der Waals surface area (Å²) in [6.07, 6.45) is 1.20. The molecule has 2 rings (SSSR count). The van der Waals surface area contributed by atoms with Crippen LogP contribution in [0.25, 0.3) is 0 Å². The van der Waals surface area contributed by atoms with Crippen LogP contribution in [0.1, 0.15) is 30.9 Å². The molecule has 6 heteroatoms. The molecule has 5 nitrogen and oxygen atoms in total. The Morgan fingerprint density at radius 2 is 1.85 bits per heavy atom. The highest BCUT2D eigenvalue weighted by Gasteiger charge is 2.10. The first-order valence-electron chi connectivity index (χ1n) is 8.49. The highest BCUT2D eigenvalue weighted by molar-refractivity contribution is 6.33. The van der Waals surface area contributed by atoms with Crippen LogP contribution < -0.4 is 15.4 Å².